The van der Waals surface area contributed by atoms with Gasteiger partial charge in [0.1, 0.15) is 28.4 Å². The van der Waals surface area contributed by atoms with Gasteiger partial charge in [0.2, 0.25) is 0 Å². The number of thiophene rings is 1. The Balaban J connectivity index is 1.22. The summed E-state index contributed by atoms with van der Waals surface area (Å²) < 4.78 is 41.8. The average molecular weight is 663 g/mol. The van der Waals surface area contributed by atoms with Crippen molar-refractivity contribution in [1.82, 2.24) is 24.8 Å². The topological polar surface area (TPSA) is 125 Å². The van der Waals surface area contributed by atoms with E-state index in [1.807, 2.05) is 6.07 Å². The normalized spacial score (nSPS) is 22.1. The highest BCUT2D eigenvalue weighted by Crippen LogP contribution is 2.47. The maximum absolute atomic E-state index is 14.9. The van der Waals surface area contributed by atoms with E-state index >= 15 is 0 Å². The van der Waals surface area contributed by atoms with Crippen LogP contribution in [0.2, 0.25) is 0 Å². The fourth-order valence-corrected chi connectivity index (χ4v) is 7.85. The van der Waals surface area contributed by atoms with Gasteiger partial charge in [-0.3, -0.25) is 9.88 Å². The number of benzene rings is 1. The number of ether oxygens (including phenoxy) is 2. The van der Waals surface area contributed by atoms with E-state index < -0.39 is 11.5 Å². The summed E-state index contributed by atoms with van der Waals surface area (Å²) in [7, 11) is 4.21. The summed E-state index contributed by atoms with van der Waals surface area (Å²) in [6.45, 7) is 5.07. The Hall–Kier alpha value is -3.70. The molecule has 0 spiro atoms. The molecule has 1 aromatic carbocycles. The van der Waals surface area contributed by atoms with Gasteiger partial charge in [0.15, 0.2) is 0 Å². The van der Waals surface area contributed by atoms with Crippen molar-refractivity contribution < 1.29 is 18.3 Å². The van der Waals surface area contributed by atoms with Gasteiger partial charge < -0.3 is 25.4 Å². The molecule has 1 aliphatic heterocycles. The van der Waals surface area contributed by atoms with Gasteiger partial charge in [-0.05, 0) is 71.3 Å². The molecule has 3 aliphatic rings. The van der Waals surface area contributed by atoms with Gasteiger partial charge in [0.25, 0.3) is 0 Å². The predicted molar refractivity (Wildman–Crippen MR) is 180 cm³/mol. The number of anilines is 2. The van der Waals surface area contributed by atoms with Crippen molar-refractivity contribution in [3.63, 3.8) is 0 Å². The largest absolute Gasteiger partial charge is 0.463 e. The third-order valence-electron chi connectivity index (χ3n) is 10.1. The lowest BCUT2D eigenvalue weighted by molar-refractivity contribution is 0.0441. The van der Waals surface area contributed by atoms with Crippen molar-refractivity contribution >= 4 is 43.1 Å². The molecule has 248 valence electrons. The first-order chi connectivity index (χ1) is 22.5. The number of nitrogen functional groups attached to an aromatic ring is 1. The van der Waals surface area contributed by atoms with Gasteiger partial charge in [0.05, 0.1) is 46.7 Å². The van der Waals surface area contributed by atoms with Crippen LogP contribution in [0.5, 0.6) is 6.01 Å². The van der Waals surface area contributed by atoms with E-state index in [-0.39, 0.29) is 34.1 Å². The Kier molecular flexibility index (Phi) is 8.19. The van der Waals surface area contributed by atoms with Crippen LogP contribution in [0.25, 0.3) is 32.2 Å². The first kappa shape index (κ1) is 31.9. The van der Waals surface area contributed by atoms with Crippen LogP contribution < -0.4 is 15.8 Å². The summed E-state index contributed by atoms with van der Waals surface area (Å²) in [6.07, 6.45) is 7.05. The summed E-state index contributed by atoms with van der Waals surface area (Å²) in [5.41, 5.74) is 6.64. The standard InChI is InChI=1S/C34H40F2N8O2S/c1-32(36)17-44(11-12-45-19-32)18-33(9-10-33)20-46-31-41-26-13-25(21-5-6-24(35)28-27(21)22(14-37)29(38)47-28)39-15-23(26)30(42-31)40-16-34(43(2)3)7-4-8-34/h5-6,13,15H,4,7-12,16-20,38H2,1-3H3,(H,40,41,42). The molecule has 1 atom stereocenters. The SMILES string of the molecule is CN(C)C1(CNc2nc(OCC3(CN4CCOCC(C)(F)C4)CC3)nc3cc(-c4ccc(F)c5sc(N)c(C#N)c45)ncc23)CCC1. The van der Waals surface area contributed by atoms with E-state index in [4.69, 9.17) is 30.2 Å². The van der Waals surface area contributed by atoms with Gasteiger partial charge in [-0.25, -0.2) is 8.78 Å². The molecule has 2 aliphatic carbocycles. The maximum Gasteiger partial charge on any atom is 0.318 e. The van der Waals surface area contributed by atoms with E-state index in [0.29, 0.717) is 65.5 Å². The van der Waals surface area contributed by atoms with Crippen LogP contribution in [0, 0.1) is 22.6 Å². The molecule has 3 fully saturated rings. The molecule has 3 N–H and O–H groups in total. The van der Waals surface area contributed by atoms with E-state index in [1.165, 1.54) is 12.5 Å². The van der Waals surface area contributed by atoms with Crippen LogP contribution in [0.15, 0.2) is 24.4 Å². The molecule has 1 unspecified atom stereocenters. The predicted octanol–water partition coefficient (Wildman–Crippen LogP) is 5.62. The van der Waals surface area contributed by atoms with Crippen molar-refractivity contribution in [2.24, 2.45) is 5.41 Å². The smallest absolute Gasteiger partial charge is 0.318 e. The van der Waals surface area contributed by atoms with Gasteiger partial charge in [-0.15, -0.1) is 11.3 Å². The highest BCUT2D eigenvalue weighted by Gasteiger charge is 2.46. The summed E-state index contributed by atoms with van der Waals surface area (Å²) in [4.78, 5) is 18.8. The Morgan fingerprint density at radius 2 is 2.04 bits per heavy atom. The third-order valence-corrected chi connectivity index (χ3v) is 11.1. The van der Waals surface area contributed by atoms with Crippen molar-refractivity contribution in [2.75, 3.05) is 71.1 Å². The van der Waals surface area contributed by atoms with Crippen LogP contribution in [-0.4, -0.2) is 96.1 Å². The molecule has 4 heterocycles. The number of nitriles is 1. The molecular weight excluding hydrogens is 622 g/mol. The number of nitrogens with two attached hydrogens (primary N) is 1. The van der Waals surface area contributed by atoms with Gasteiger partial charge in [-0.1, -0.05) is 0 Å². The number of hydrogen-bond donors (Lipinski definition) is 2. The molecule has 13 heteroatoms. The monoisotopic (exact) mass is 662 g/mol. The summed E-state index contributed by atoms with van der Waals surface area (Å²) >= 11 is 1.06. The maximum atomic E-state index is 14.9. The third kappa shape index (κ3) is 6.20. The van der Waals surface area contributed by atoms with Crippen LogP contribution >= 0.6 is 11.3 Å². The molecule has 1 saturated heterocycles. The number of aromatic nitrogens is 3. The minimum atomic E-state index is -1.38. The zero-order chi connectivity index (χ0) is 33.0. The number of hydrogen-bond acceptors (Lipinski definition) is 11. The zero-order valence-electron chi connectivity index (χ0n) is 27.0. The number of rotatable bonds is 10. The van der Waals surface area contributed by atoms with Crippen LogP contribution in [0.3, 0.4) is 0 Å². The quantitative estimate of drug-likeness (QED) is 0.221. The number of alkyl halides is 1. The molecule has 4 aromatic rings. The Labute approximate surface area is 276 Å². The summed E-state index contributed by atoms with van der Waals surface area (Å²) in [5, 5.41) is 14.9. The van der Waals surface area contributed by atoms with Gasteiger partial charge >= 0.3 is 6.01 Å². The molecule has 10 nitrogen and oxygen atoms in total. The molecule has 7 rings (SSSR count). The fourth-order valence-electron chi connectivity index (χ4n) is 6.90. The van der Waals surface area contributed by atoms with Crippen molar-refractivity contribution in [1.29, 1.82) is 5.26 Å². The fraction of sp³-hybridized carbons (Fsp3) is 0.529. The second-order valence-electron chi connectivity index (χ2n) is 14.0. The minimum absolute atomic E-state index is 0.0395. The number of nitrogens with one attached hydrogen (secondary N) is 1. The molecule has 0 amide bonds. The first-order valence-corrected chi connectivity index (χ1v) is 16.9. The number of pyridine rings is 1. The van der Waals surface area contributed by atoms with E-state index in [2.05, 4.69) is 35.3 Å². The summed E-state index contributed by atoms with van der Waals surface area (Å²) in [5.74, 6) is 0.192. The van der Waals surface area contributed by atoms with E-state index in [0.717, 1.165) is 49.0 Å². The Morgan fingerprint density at radius 3 is 2.74 bits per heavy atom. The molecule has 47 heavy (non-hydrogen) atoms. The second kappa shape index (κ2) is 12.1. The lowest BCUT2D eigenvalue weighted by atomic mass is 9.75. The zero-order valence-corrected chi connectivity index (χ0v) is 27.9. The Bertz CT molecular complexity index is 1860. The highest BCUT2D eigenvalue weighted by molar-refractivity contribution is 7.23. The van der Waals surface area contributed by atoms with Gasteiger partial charge in [-0.2, -0.15) is 15.2 Å². The lowest BCUT2D eigenvalue weighted by Crippen LogP contribution is -2.54. The number of fused-ring (bicyclic) bond motifs is 2. The van der Waals surface area contributed by atoms with Gasteiger partial charge in [0, 0.05) is 54.3 Å². The highest BCUT2D eigenvalue weighted by atomic mass is 32.1. The number of halogens is 2. The Morgan fingerprint density at radius 1 is 1.23 bits per heavy atom. The van der Waals surface area contributed by atoms with Crippen molar-refractivity contribution in [3.05, 3.63) is 35.8 Å². The van der Waals surface area contributed by atoms with E-state index in [9.17, 15) is 14.0 Å². The molecule has 3 aromatic heterocycles. The van der Waals surface area contributed by atoms with E-state index in [1.54, 1.807) is 19.2 Å². The first-order valence-electron chi connectivity index (χ1n) is 16.1. The number of nitrogens with zero attached hydrogens (tertiary/aromatic N) is 6. The lowest BCUT2D eigenvalue weighted by Gasteiger charge is -2.47. The average Bonchev–Trinajstić information content (AvgIpc) is 3.72. The van der Waals surface area contributed by atoms with Crippen LogP contribution in [0.1, 0.15) is 44.6 Å². The molecule has 2 saturated carbocycles. The molecular formula is C34H40F2N8O2S. The number of likely N-dealkylation sites (N-methyl/N-ethyl adjacent to an activating group) is 1. The van der Waals surface area contributed by atoms with Crippen LogP contribution in [0.4, 0.5) is 19.6 Å². The van der Waals surface area contributed by atoms with Crippen molar-refractivity contribution in [2.45, 2.75) is 50.2 Å². The molecule has 0 bridgehead atoms. The van der Waals surface area contributed by atoms with Crippen molar-refractivity contribution in [3.8, 4) is 23.3 Å². The summed E-state index contributed by atoms with van der Waals surface area (Å²) in [6, 6.07) is 7.21. The molecule has 0 radical (unpaired) electrons. The minimum Gasteiger partial charge on any atom is -0.463 e. The van der Waals surface area contributed by atoms with Crippen LogP contribution in [-0.2, 0) is 4.74 Å². The second-order valence-corrected chi connectivity index (χ2v) is 15.0.